The van der Waals surface area contributed by atoms with Crippen LogP contribution in [0.1, 0.15) is 13.8 Å². The fraction of sp³-hybridized carbons (Fsp3) is 0.714. The van der Waals surface area contributed by atoms with Gasteiger partial charge in [-0.05, 0) is 12.1 Å². The maximum absolute atomic E-state index is 5.33. The Balaban J connectivity index is 4.04. The first kappa shape index (κ1) is 8.74. The fourth-order valence-corrected chi connectivity index (χ4v) is 2.41. The Bertz CT molecular complexity index is 102. The molecule has 0 heterocycles. The van der Waals surface area contributed by atoms with Crippen molar-refractivity contribution in [3.8, 4) is 12.0 Å². The van der Waals surface area contributed by atoms with Gasteiger partial charge in [0.2, 0.25) is 0 Å². The predicted octanol–water partition coefficient (Wildman–Crippen LogP) is 1.79. The molecule has 2 heteroatoms. The Hall–Kier alpha value is -0.263. The molecule has 0 fully saturated rings. The first-order valence-corrected chi connectivity index (χ1v) is 5.59. The molecule has 9 heavy (non-hydrogen) atoms. The lowest BCUT2D eigenvalue weighted by atomic mass is 10.9. The van der Waals surface area contributed by atoms with E-state index >= 15 is 0 Å². The third-order valence-electron chi connectivity index (χ3n) is 1.80. The monoisotopic (exact) mass is 142 g/mol. The first-order valence-electron chi connectivity index (χ1n) is 3.27. The van der Waals surface area contributed by atoms with Crippen molar-refractivity contribution >= 4 is 8.32 Å². The molecule has 0 N–H and O–H groups in total. The van der Waals surface area contributed by atoms with Gasteiger partial charge in [-0.1, -0.05) is 13.8 Å². The Kier molecular flexibility index (Phi) is 3.60. The summed E-state index contributed by atoms with van der Waals surface area (Å²) >= 11 is 0. The maximum Gasteiger partial charge on any atom is 0.270 e. The lowest BCUT2D eigenvalue weighted by Crippen LogP contribution is -2.33. The lowest BCUT2D eigenvalue weighted by Gasteiger charge is -2.19. The minimum atomic E-state index is -1.66. The van der Waals surface area contributed by atoms with Crippen molar-refractivity contribution in [1.82, 2.24) is 0 Å². The molecule has 1 nitrogen and oxygen atoms in total. The average Bonchev–Trinajstić information content (AvgIpc) is 1.95. The van der Waals surface area contributed by atoms with E-state index in [1.165, 1.54) is 0 Å². The van der Waals surface area contributed by atoms with Gasteiger partial charge in [0.15, 0.2) is 0 Å². The fourth-order valence-electron chi connectivity index (χ4n) is 0.802. The molecule has 0 saturated carbocycles. The third-order valence-corrected chi connectivity index (χ3v) is 5.39. The van der Waals surface area contributed by atoms with Crippen LogP contribution >= 0.6 is 0 Å². The summed E-state index contributed by atoms with van der Waals surface area (Å²) in [5.74, 6) is 0. The zero-order chi connectivity index (χ0) is 7.33. The lowest BCUT2D eigenvalue weighted by molar-refractivity contribution is 0.406. The van der Waals surface area contributed by atoms with E-state index in [-0.39, 0.29) is 0 Å². The highest BCUT2D eigenvalue weighted by atomic mass is 28.4. The van der Waals surface area contributed by atoms with Crippen molar-refractivity contribution in [1.29, 1.82) is 0 Å². The molecule has 0 aliphatic carbocycles. The molecule has 0 aromatic rings. The molecule has 0 bridgehead atoms. The molecule has 0 unspecified atom stereocenters. The van der Waals surface area contributed by atoms with Crippen LogP contribution in [-0.4, -0.2) is 15.4 Å². The van der Waals surface area contributed by atoms with Gasteiger partial charge in [-0.3, -0.25) is 0 Å². The van der Waals surface area contributed by atoms with Crippen LogP contribution in [0.25, 0.3) is 0 Å². The minimum Gasteiger partial charge on any atom is -0.408 e. The van der Waals surface area contributed by atoms with Crippen LogP contribution in [-0.2, 0) is 4.43 Å². The summed E-state index contributed by atoms with van der Waals surface area (Å²) in [5, 5.41) is 0. The van der Waals surface area contributed by atoms with Crippen LogP contribution < -0.4 is 0 Å². The van der Waals surface area contributed by atoms with Gasteiger partial charge in [-0.2, -0.15) is 0 Å². The second-order valence-electron chi connectivity index (χ2n) is 2.05. The van der Waals surface area contributed by atoms with Crippen LogP contribution in [0.15, 0.2) is 0 Å². The molecule has 0 aliphatic heterocycles. The van der Waals surface area contributed by atoms with Gasteiger partial charge in [0.05, 0.1) is 0 Å². The van der Waals surface area contributed by atoms with E-state index in [0.717, 1.165) is 12.1 Å². The van der Waals surface area contributed by atoms with E-state index in [9.17, 15) is 0 Å². The van der Waals surface area contributed by atoms with Gasteiger partial charge in [0.1, 0.15) is 0 Å². The summed E-state index contributed by atoms with van der Waals surface area (Å²) in [7, 11) is 0.0577. The van der Waals surface area contributed by atoms with Gasteiger partial charge in [0.25, 0.3) is 8.32 Å². The van der Waals surface area contributed by atoms with E-state index in [1.54, 1.807) is 7.11 Å². The summed E-state index contributed by atoms with van der Waals surface area (Å²) in [6.45, 7) is 4.19. The predicted molar refractivity (Wildman–Crippen MR) is 42.6 cm³/mol. The van der Waals surface area contributed by atoms with Crippen molar-refractivity contribution < 1.29 is 4.43 Å². The molecule has 0 rings (SSSR count). The van der Waals surface area contributed by atoms with Crippen LogP contribution in [0.2, 0.25) is 12.1 Å². The Labute approximate surface area is 58.5 Å². The summed E-state index contributed by atoms with van der Waals surface area (Å²) in [4.78, 5) is 0. The van der Waals surface area contributed by atoms with Crippen molar-refractivity contribution in [2.45, 2.75) is 25.9 Å². The number of hydrogen-bond donors (Lipinski definition) is 0. The summed E-state index contributed by atoms with van der Waals surface area (Å²) < 4.78 is 5.29. The summed E-state index contributed by atoms with van der Waals surface area (Å²) in [6.07, 6.45) is 5.33. The summed E-state index contributed by atoms with van der Waals surface area (Å²) in [6, 6.07) is 2.05. The van der Waals surface area contributed by atoms with Crippen molar-refractivity contribution in [2.24, 2.45) is 0 Å². The Morgan fingerprint density at radius 3 is 1.89 bits per heavy atom. The van der Waals surface area contributed by atoms with Crippen LogP contribution in [0, 0.1) is 12.0 Å². The zero-order valence-corrected chi connectivity index (χ0v) is 7.40. The molecule has 0 aromatic heterocycles. The molecule has 0 atom stereocenters. The first-order chi connectivity index (χ1) is 4.24. The Morgan fingerprint density at radius 1 is 1.44 bits per heavy atom. The van der Waals surface area contributed by atoms with Crippen LogP contribution in [0.4, 0.5) is 0 Å². The average molecular weight is 142 g/mol. The Morgan fingerprint density at radius 2 is 1.89 bits per heavy atom. The van der Waals surface area contributed by atoms with E-state index in [2.05, 4.69) is 19.4 Å². The SMILES string of the molecule is C#C[Si](CC)(CC)OC. The molecule has 52 valence electrons. The molecule has 0 aromatic carbocycles. The highest BCUT2D eigenvalue weighted by Crippen LogP contribution is 2.13. The van der Waals surface area contributed by atoms with Crippen molar-refractivity contribution in [2.75, 3.05) is 7.11 Å². The topological polar surface area (TPSA) is 9.23 Å². The molecule has 0 amide bonds. The van der Waals surface area contributed by atoms with E-state index in [4.69, 9.17) is 10.8 Å². The third kappa shape index (κ3) is 1.85. The number of hydrogen-bond acceptors (Lipinski definition) is 1. The van der Waals surface area contributed by atoms with Gasteiger partial charge >= 0.3 is 0 Å². The minimum absolute atomic E-state index is 1.02. The molecule has 0 aliphatic rings. The summed E-state index contributed by atoms with van der Waals surface area (Å²) in [5.41, 5.74) is 2.78. The van der Waals surface area contributed by atoms with Crippen molar-refractivity contribution in [3.05, 3.63) is 0 Å². The van der Waals surface area contributed by atoms with Crippen LogP contribution in [0.5, 0.6) is 0 Å². The normalized spacial score (nSPS) is 10.9. The van der Waals surface area contributed by atoms with Crippen molar-refractivity contribution in [3.63, 3.8) is 0 Å². The molecule has 0 radical (unpaired) electrons. The largest absolute Gasteiger partial charge is 0.408 e. The van der Waals surface area contributed by atoms with Gasteiger partial charge in [-0.15, -0.1) is 12.0 Å². The highest BCUT2D eigenvalue weighted by molar-refractivity contribution is 6.81. The highest BCUT2D eigenvalue weighted by Gasteiger charge is 2.26. The van der Waals surface area contributed by atoms with E-state index < -0.39 is 8.32 Å². The second kappa shape index (κ2) is 3.70. The van der Waals surface area contributed by atoms with Gasteiger partial charge in [0, 0.05) is 7.11 Å². The zero-order valence-electron chi connectivity index (χ0n) is 6.40. The van der Waals surface area contributed by atoms with Gasteiger partial charge in [-0.25, -0.2) is 0 Å². The quantitative estimate of drug-likeness (QED) is 0.431. The van der Waals surface area contributed by atoms with Crippen LogP contribution in [0.3, 0.4) is 0 Å². The second-order valence-corrected chi connectivity index (χ2v) is 6.15. The van der Waals surface area contributed by atoms with E-state index in [0.29, 0.717) is 0 Å². The molecular weight excluding hydrogens is 128 g/mol. The number of rotatable bonds is 3. The standard InChI is InChI=1S/C7H14OSi/c1-5-9(6-2,7-3)8-4/h1H,6-7H2,2-4H3. The van der Waals surface area contributed by atoms with Gasteiger partial charge < -0.3 is 4.43 Å². The smallest absolute Gasteiger partial charge is 0.270 e. The molecule has 0 spiro atoms. The molecule has 0 saturated heterocycles. The van der Waals surface area contributed by atoms with E-state index in [1.807, 2.05) is 0 Å². The maximum atomic E-state index is 5.33. The molecular formula is C7H14OSi. The number of terminal acetylenes is 1.